The Kier molecular flexibility index (Phi) is 1.93. The van der Waals surface area contributed by atoms with Crippen molar-refractivity contribution in [2.75, 3.05) is 5.73 Å². The van der Waals surface area contributed by atoms with Crippen molar-refractivity contribution >= 4 is 5.69 Å². The average molecular weight is 210 g/mol. The van der Waals surface area contributed by atoms with Gasteiger partial charge in [-0.15, -0.1) is 0 Å². The van der Waals surface area contributed by atoms with Gasteiger partial charge >= 0.3 is 11.4 Å². The summed E-state index contributed by atoms with van der Waals surface area (Å²) in [6.45, 7) is 0. The van der Waals surface area contributed by atoms with Gasteiger partial charge in [-0.1, -0.05) is 0 Å². The highest BCUT2D eigenvalue weighted by Gasteiger charge is 2.10. The number of nitrogens with two attached hydrogens (primary N) is 1. The fourth-order valence-corrected chi connectivity index (χ4v) is 1.23. The highest BCUT2D eigenvalue weighted by Crippen LogP contribution is 2.13. The van der Waals surface area contributed by atoms with Crippen LogP contribution in [-0.4, -0.2) is 14.8 Å². The van der Waals surface area contributed by atoms with Gasteiger partial charge in [0.05, 0.1) is 5.69 Å². The summed E-state index contributed by atoms with van der Waals surface area (Å²) >= 11 is 0. The fourth-order valence-electron chi connectivity index (χ4n) is 1.23. The molecule has 0 spiro atoms. The zero-order valence-electron chi connectivity index (χ0n) is 7.45. The summed E-state index contributed by atoms with van der Waals surface area (Å²) in [5.41, 5.74) is 4.02. The SMILES string of the molecule is Nc1ccc(F)c(-n2c(=O)[nH][nH]c2=O)c1. The molecule has 0 fully saturated rings. The van der Waals surface area contributed by atoms with E-state index in [9.17, 15) is 14.0 Å². The number of anilines is 1. The molecule has 0 atom stereocenters. The molecule has 0 radical (unpaired) electrons. The molecular weight excluding hydrogens is 203 g/mol. The Hall–Kier alpha value is -2.31. The molecule has 7 heteroatoms. The van der Waals surface area contributed by atoms with E-state index in [4.69, 9.17) is 5.73 Å². The van der Waals surface area contributed by atoms with Gasteiger partial charge in [0.2, 0.25) is 0 Å². The molecule has 1 heterocycles. The number of hydrogen-bond acceptors (Lipinski definition) is 3. The fraction of sp³-hybridized carbons (Fsp3) is 0. The third-order valence-electron chi connectivity index (χ3n) is 1.89. The molecule has 0 saturated carbocycles. The third kappa shape index (κ3) is 1.43. The molecule has 0 unspecified atom stereocenters. The first-order chi connectivity index (χ1) is 7.09. The largest absolute Gasteiger partial charge is 0.399 e. The second kappa shape index (κ2) is 3.12. The standard InChI is InChI=1S/C8H7FN4O2/c9-5-2-1-4(10)3-6(5)13-7(14)11-12-8(13)15/h1-3H,10H2,(H,11,14)(H,12,15). The summed E-state index contributed by atoms with van der Waals surface area (Å²) < 4.78 is 13.9. The Morgan fingerprint density at radius 2 is 1.80 bits per heavy atom. The minimum atomic E-state index is -0.746. The number of rotatable bonds is 1. The van der Waals surface area contributed by atoms with E-state index in [0.29, 0.717) is 4.57 Å². The van der Waals surface area contributed by atoms with Gasteiger partial charge in [-0.05, 0) is 18.2 Å². The topological polar surface area (TPSA) is 96.7 Å². The van der Waals surface area contributed by atoms with Crippen LogP contribution in [0.2, 0.25) is 0 Å². The summed E-state index contributed by atoms with van der Waals surface area (Å²) in [6, 6.07) is 3.63. The molecule has 2 rings (SSSR count). The Morgan fingerprint density at radius 1 is 1.20 bits per heavy atom. The van der Waals surface area contributed by atoms with Crippen LogP contribution in [0.1, 0.15) is 0 Å². The van der Waals surface area contributed by atoms with Gasteiger partial charge in [0.15, 0.2) is 0 Å². The van der Waals surface area contributed by atoms with Gasteiger partial charge in [-0.2, -0.15) is 0 Å². The summed E-state index contributed by atoms with van der Waals surface area (Å²) in [4.78, 5) is 22.3. The molecule has 1 aromatic carbocycles. The van der Waals surface area contributed by atoms with Crippen molar-refractivity contribution in [1.29, 1.82) is 0 Å². The number of hydrogen-bond donors (Lipinski definition) is 3. The van der Waals surface area contributed by atoms with Gasteiger partial charge in [-0.3, -0.25) is 0 Å². The van der Waals surface area contributed by atoms with E-state index in [-0.39, 0.29) is 11.4 Å². The van der Waals surface area contributed by atoms with E-state index >= 15 is 0 Å². The molecule has 0 aliphatic heterocycles. The zero-order chi connectivity index (χ0) is 11.0. The van der Waals surface area contributed by atoms with Crippen molar-refractivity contribution in [3.05, 3.63) is 45.0 Å². The van der Waals surface area contributed by atoms with Crippen LogP contribution in [0.3, 0.4) is 0 Å². The summed E-state index contributed by atoms with van der Waals surface area (Å²) in [6.07, 6.45) is 0. The zero-order valence-corrected chi connectivity index (χ0v) is 7.45. The molecule has 0 amide bonds. The van der Waals surface area contributed by atoms with Crippen molar-refractivity contribution in [2.45, 2.75) is 0 Å². The van der Waals surface area contributed by atoms with Crippen LogP contribution in [0, 0.1) is 5.82 Å². The lowest BCUT2D eigenvalue weighted by Gasteiger charge is -2.01. The van der Waals surface area contributed by atoms with Crippen LogP contribution in [0.25, 0.3) is 5.69 Å². The lowest BCUT2D eigenvalue weighted by molar-refractivity contribution is 0.615. The number of benzene rings is 1. The monoisotopic (exact) mass is 210 g/mol. The number of nitrogens with zero attached hydrogens (tertiary/aromatic N) is 1. The maximum absolute atomic E-state index is 13.3. The molecule has 78 valence electrons. The van der Waals surface area contributed by atoms with Gasteiger partial charge in [0.25, 0.3) is 0 Å². The summed E-state index contributed by atoms with van der Waals surface area (Å²) in [5, 5.41) is 4.09. The molecule has 4 N–H and O–H groups in total. The molecule has 0 bridgehead atoms. The molecule has 0 saturated heterocycles. The van der Waals surface area contributed by atoms with Crippen molar-refractivity contribution < 1.29 is 4.39 Å². The first kappa shape index (κ1) is 9.25. The highest BCUT2D eigenvalue weighted by atomic mass is 19.1. The number of halogens is 1. The molecule has 2 aromatic rings. The first-order valence-corrected chi connectivity index (χ1v) is 4.04. The minimum Gasteiger partial charge on any atom is -0.399 e. The van der Waals surface area contributed by atoms with E-state index in [1.165, 1.54) is 12.1 Å². The van der Waals surface area contributed by atoms with E-state index < -0.39 is 17.2 Å². The number of aromatic nitrogens is 3. The molecular formula is C8H7FN4O2. The van der Waals surface area contributed by atoms with E-state index in [1.54, 1.807) is 0 Å². The summed E-state index contributed by atoms with van der Waals surface area (Å²) in [7, 11) is 0. The van der Waals surface area contributed by atoms with Gasteiger partial charge < -0.3 is 5.73 Å². The number of nitrogens with one attached hydrogen (secondary N) is 2. The number of H-pyrrole nitrogens is 2. The lowest BCUT2D eigenvalue weighted by atomic mass is 10.2. The van der Waals surface area contributed by atoms with Crippen LogP contribution >= 0.6 is 0 Å². The molecule has 1 aromatic heterocycles. The summed E-state index contributed by atoms with van der Waals surface area (Å²) in [5.74, 6) is -0.698. The van der Waals surface area contributed by atoms with E-state index in [0.717, 1.165) is 6.07 Å². The normalized spacial score (nSPS) is 10.5. The first-order valence-electron chi connectivity index (χ1n) is 4.04. The Bertz CT molecular complexity index is 582. The Morgan fingerprint density at radius 3 is 2.40 bits per heavy atom. The maximum atomic E-state index is 13.3. The molecule has 0 aliphatic carbocycles. The van der Waals surface area contributed by atoms with Crippen LogP contribution in [0.15, 0.2) is 27.8 Å². The average Bonchev–Trinajstić information content (AvgIpc) is 2.51. The molecule has 0 aliphatic rings. The second-order valence-electron chi connectivity index (χ2n) is 2.91. The van der Waals surface area contributed by atoms with Crippen LogP contribution in [-0.2, 0) is 0 Å². The second-order valence-corrected chi connectivity index (χ2v) is 2.91. The van der Waals surface area contributed by atoms with Crippen LogP contribution < -0.4 is 17.1 Å². The predicted molar refractivity (Wildman–Crippen MR) is 51.4 cm³/mol. The smallest absolute Gasteiger partial charge is 0.349 e. The van der Waals surface area contributed by atoms with Crippen molar-refractivity contribution in [2.24, 2.45) is 0 Å². The van der Waals surface area contributed by atoms with E-state index in [2.05, 4.69) is 0 Å². The van der Waals surface area contributed by atoms with Crippen LogP contribution in [0.4, 0.5) is 10.1 Å². The van der Waals surface area contributed by atoms with Crippen molar-refractivity contribution in [1.82, 2.24) is 14.8 Å². The van der Waals surface area contributed by atoms with E-state index in [1.807, 2.05) is 10.2 Å². The Labute approximate surface area is 82.1 Å². The van der Waals surface area contributed by atoms with Crippen molar-refractivity contribution in [3.63, 3.8) is 0 Å². The molecule has 6 nitrogen and oxygen atoms in total. The minimum absolute atomic E-state index is 0.178. The molecule has 15 heavy (non-hydrogen) atoms. The van der Waals surface area contributed by atoms with Gasteiger partial charge in [0.1, 0.15) is 5.82 Å². The Balaban J connectivity index is 2.79. The predicted octanol–water partition coefficient (Wildman–Crippen LogP) is -0.425. The lowest BCUT2D eigenvalue weighted by Crippen LogP contribution is -2.25. The van der Waals surface area contributed by atoms with Crippen molar-refractivity contribution in [3.8, 4) is 5.69 Å². The van der Waals surface area contributed by atoms with Gasteiger partial charge in [0, 0.05) is 5.69 Å². The number of nitrogen functional groups attached to an aromatic ring is 1. The maximum Gasteiger partial charge on any atom is 0.349 e. The third-order valence-corrected chi connectivity index (χ3v) is 1.89. The quantitative estimate of drug-likeness (QED) is 0.557. The van der Waals surface area contributed by atoms with Crippen LogP contribution in [0.5, 0.6) is 0 Å². The van der Waals surface area contributed by atoms with Gasteiger partial charge in [-0.25, -0.2) is 28.7 Å². The highest BCUT2D eigenvalue weighted by molar-refractivity contribution is 5.48. The number of aromatic amines is 2.